The summed E-state index contributed by atoms with van der Waals surface area (Å²) >= 11 is 0. The third kappa shape index (κ3) is 15.5. The summed E-state index contributed by atoms with van der Waals surface area (Å²) < 4.78 is 106. The highest BCUT2D eigenvalue weighted by molar-refractivity contribution is 5.73. The van der Waals surface area contributed by atoms with Crippen LogP contribution in [0.15, 0.2) is 18.2 Å². The second-order valence-corrected chi connectivity index (χ2v) is 9.20. The van der Waals surface area contributed by atoms with Gasteiger partial charge < -0.3 is 24.8 Å². The minimum Gasteiger partial charge on any atom is -0.475 e. The standard InChI is InChI=1S/C18H29N3O2.3C2HF3O2/c1-14-5-4-6-15(19-14)11-21-8-7-18(23-3)16-12-20(9-10-22-2)13-17(16)21;3*3-2(4,5)1(6)7/h4-6,16-18H,7-13H2,1-3H3;3*(H,6,7)/t16-,17+,18-;;;/m0.../s1. The number of likely N-dealkylation sites (tertiary alicyclic amines) is 2. The van der Waals surface area contributed by atoms with Gasteiger partial charge in [-0.2, -0.15) is 39.5 Å². The van der Waals surface area contributed by atoms with Crippen molar-refractivity contribution >= 4 is 17.9 Å². The largest absolute Gasteiger partial charge is 0.490 e. The molecule has 11 nitrogen and oxygen atoms in total. The molecule has 3 rings (SSSR count). The van der Waals surface area contributed by atoms with Crippen LogP contribution in [0.5, 0.6) is 0 Å². The van der Waals surface area contributed by atoms with E-state index >= 15 is 0 Å². The van der Waals surface area contributed by atoms with Gasteiger partial charge in [-0.25, -0.2) is 14.4 Å². The third-order valence-corrected chi connectivity index (χ3v) is 6.01. The molecule has 1 aromatic rings. The highest BCUT2D eigenvalue weighted by atomic mass is 19.4. The lowest BCUT2D eigenvalue weighted by atomic mass is 9.89. The number of hydrogen-bond donors (Lipinski definition) is 3. The Balaban J connectivity index is 0.000000721. The van der Waals surface area contributed by atoms with Crippen LogP contribution in [0, 0.1) is 12.8 Å². The van der Waals surface area contributed by atoms with Gasteiger partial charge in [0.2, 0.25) is 0 Å². The zero-order valence-corrected chi connectivity index (χ0v) is 23.5. The van der Waals surface area contributed by atoms with Crippen LogP contribution < -0.4 is 0 Å². The van der Waals surface area contributed by atoms with Crippen LogP contribution in [0.4, 0.5) is 39.5 Å². The Bertz CT molecular complexity index is 998. The molecule has 2 aliphatic heterocycles. The fraction of sp³-hybridized carbons (Fsp3) is 0.667. The number of hydrogen-bond acceptors (Lipinski definition) is 8. The van der Waals surface area contributed by atoms with E-state index in [1.165, 1.54) is 5.69 Å². The first-order valence-corrected chi connectivity index (χ1v) is 12.4. The Labute approximate surface area is 245 Å². The second kappa shape index (κ2) is 17.9. The van der Waals surface area contributed by atoms with Gasteiger partial charge in [0.15, 0.2) is 0 Å². The van der Waals surface area contributed by atoms with Gasteiger partial charge in [0.05, 0.1) is 18.4 Å². The Morgan fingerprint density at radius 3 is 1.75 bits per heavy atom. The van der Waals surface area contributed by atoms with E-state index in [4.69, 9.17) is 39.2 Å². The summed E-state index contributed by atoms with van der Waals surface area (Å²) in [7, 11) is 3.63. The highest BCUT2D eigenvalue weighted by Crippen LogP contribution is 2.33. The number of carboxylic acid groups (broad SMARTS) is 3. The number of alkyl halides is 9. The van der Waals surface area contributed by atoms with Crippen LogP contribution in [0.3, 0.4) is 0 Å². The molecule has 0 aliphatic carbocycles. The molecule has 3 atom stereocenters. The van der Waals surface area contributed by atoms with E-state index in [1.54, 1.807) is 7.11 Å². The molecule has 2 fully saturated rings. The predicted molar refractivity (Wildman–Crippen MR) is 131 cm³/mol. The number of fused-ring (bicyclic) bond motifs is 1. The summed E-state index contributed by atoms with van der Waals surface area (Å²) in [5.41, 5.74) is 2.27. The molecule has 2 aliphatic rings. The van der Waals surface area contributed by atoms with Gasteiger partial charge in [-0.1, -0.05) is 6.07 Å². The van der Waals surface area contributed by atoms with E-state index in [0.29, 0.717) is 18.1 Å². The van der Waals surface area contributed by atoms with Gasteiger partial charge in [0.25, 0.3) is 0 Å². The molecule has 0 bridgehead atoms. The minimum atomic E-state index is -5.08. The number of aromatic nitrogens is 1. The SMILES string of the molecule is COCCN1C[C@@H]2[C@@H](OC)CCN(Cc3cccc(C)n3)[C@@H]2C1.O=C(O)C(F)(F)F.O=C(O)C(F)(F)F.O=C(O)C(F)(F)F. The lowest BCUT2D eigenvalue weighted by Crippen LogP contribution is -2.50. The molecule has 254 valence electrons. The number of pyridine rings is 1. The van der Waals surface area contributed by atoms with E-state index in [-0.39, 0.29) is 0 Å². The van der Waals surface area contributed by atoms with Crippen LogP contribution in [0.2, 0.25) is 0 Å². The van der Waals surface area contributed by atoms with Crippen molar-refractivity contribution in [3.8, 4) is 0 Å². The summed E-state index contributed by atoms with van der Waals surface area (Å²) in [5, 5.41) is 21.4. The molecule has 0 saturated carbocycles. The molecular weight excluding hydrogens is 629 g/mol. The fourth-order valence-corrected chi connectivity index (χ4v) is 4.11. The summed E-state index contributed by atoms with van der Waals surface area (Å²) in [6.07, 6.45) is -13.8. The van der Waals surface area contributed by atoms with Crippen LogP contribution in [0.1, 0.15) is 17.8 Å². The maximum absolute atomic E-state index is 10.6. The van der Waals surface area contributed by atoms with Crippen molar-refractivity contribution in [2.24, 2.45) is 5.92 Å². The van der Waals surface area contributed by atoms with E-state index in [9.17, 15) is 39.5 Å². The Kier molecular flexibility index (Phi) is 16.6. The van der Waals surface area contributed by atoms with Crippen molar-refractivity contribution in [1.82, 2.24) is 14.8 Å². The van der Waals surface area contributed by atoms with Crippen molar-refractivity contribution < 1.29 is 78.7 Å². The zero-order chi connectivity index (χ0) is 34.5. The molecule has 0 radical (unpaired) electrons. The average Bonchev–Trinajstić information content (AvgIpc) is 3.32. The summed E-state index contributed by atoms with van der Waals surface area (Å²) in [4.78, 5) is 36.5. The molecule has 0 spiro atoms. The lowest BCUT2D eigenvalue weighted by molar-refractivity contribution is -0.193. The van der Waals surface area contributed by atoms with Gasteiger partial charge in [-0.3, -0.25) is 14.8 Å². The first-order chi connectivity index (χ1) is 20.0. The van der Waals surface area contributed by atoms with E-state index in [0.717, 1.165) is 51.4 Å². The number of nitrogens with zero attached hydrogens (tertiary/aromatic N) is 3. The molecular formula is C24H32F9N3O8. The molecule has 0 aromatic carbocycles. The molecule has 3 N–H and O–H groups in total. The van der Waals surface area contributed by atoms with Gasteiger partial charge >= 0.3 is 36.4 Å². The molecule has 0 amide bonds. The van der Waals surface area contributed by atoms with Crippen molar-refractivity contribution in [3.63, 3.8) is 0 Å². The second-order valence-electron chi connectivity index (χ2n) is 9.20. The quantitative estimate of drug-likeness (QED) is 0.385. The van der Waals surface area contributed by atoms with Crippen LogP contribution in [0.25, 0.3) is 0 Å². The number of carbonyl (C=O) groups is 3. The maximum atomic E-state index is 10.6. The van der Waals surface area contributed by atoms with E-state index in [2.05, 4.69) is 39.9 Å². The molecule has 44 heavy (non-hydrogen) atoms. The summed E-state index contributed by atoms with van der Waals surface area (Å²) in [6, 6.07) is 6.87. The lowest BCUT2D eigenvalue weighted by Gasteiger charge is -2.41. The number of aryl methyl sites for hydroxylation is 1. The number of piperidine rings is 1. The van der Waals surface area contributed by atoms with Gasteiger partial charge in [0, 0.05) is 64.6 Å². The van der Waals surface area contributed by atoms with Crippen LogP contribution in [-0.2, 0) is 30.4 Å². The molecule has 1 aromatic heterocycles. The molecule has 20 heteroatoms. The van der Waals surface area contributed by atoms with Crippen molar-refractivity contribution in [2.45, 2.75) is 50.6 Å². The minimum absolute atomic E-state index is 0.384. The number of carboxylic acids is 3. The highest BCUT2D eigenvalue weighted by Gasteiger charge is 2.44. The van der Waals surface area contributed by atoms with Crippen LogP contribution >= 0.6 is 0 Å². The Hall–Kier alpha value is -3.23. The van der Waals surface area contributed by atoms with E-state index in [1.807, 2.05) is 7.11 Å². The smallest absolute Gasteiger partial charge is 0.475 e. The van der Waals surface area contributed by atoms with Crippen molar-refractivity contribution in [3.05, 3.63) is 29.6 Å². The topological polar surface area (TPSA) is 150 Å². The molecule has 0 unspecified atom stereocenters. The van der Waals surface area contributed by atoms with Gasteiger partial charge in [-0.15, -0.1) is 0 Å². The van der Waals surface area contributed by atoms with E-state index < -0.39 is 36.4 Å². The van der Waals surface area contributed by atoms with Crippen molar-refractivity contribution in [2.75, 3.05) is 47.0 Å². The molecule has 3 heterocycles. The number of rotatable bonds is 6. The normalized spacial score (nSPS) is 20.5. The number of ether oxygens (including phenoxy) is 2. The first-order valence-electron chi connectivity index (χ1n) is 12.4. The average molecular weight is 662 g/mol. The Morgan fingerprint density at radius 1 is 0.886 bits per heavy atom. The zero-order valence-electron chi connectivity index (χ0n) is 23.5. The number of aliphatic carboxylic acids is 3. The van der Waals surface area contributed by atoms with Crippen molar-refractivity contribution in [1.29, 1.82) is 0 Å². The Morgan fingerprint density at radius 2 is 1.36 bits per heavy atom. The third-order valence-electron chi connectivity index (χ3n) is 6.01. The number of halogens is 9. The molecule has 2 saturated heterocycles. The van der Waals surface area contributed by atoms with Gasteiger partial charge in [-0.05, 0) is 25.5 Å². The monoisotopic (exact) mass is 661 g/mol. The maximum Gasteiger partial charge on any atom is 0.490 e. The first kappa shape index (κ1) is 40.8. The van der Waals surface area contributed by atoms with Gasteiger partial charge in [0.1, 0.15) is 0 Å². The number of methoxy groups -OCH3 is 2. The summed E-state index contributed by atoms with van der Waals surface area (Å²) in [6.45, 7) is 8.13. The fourth-order valence-electron chi connectivity index (χ4n) is 4.11. The van der Waals surface area contributed by atoms with Crippen LogP contribution in [-0.4, -0.2) is 126 Å². The predicted octanol–water partition coefficient (Wildman–Crippen LogP) is 3.46. The summed E-state index contributed by atoms with van der Waals surface area (Å²) in [5.74, 6) is -7.68.